The molecule has 0 amide bonds. The van der Waals surface area contributed by atoms with E-state index >= 15 is 0 Å². The van der Waals surface area contributed by atoms with Crippen LogP contribution in [-0.2, 0) is 11.8 Å². The Morgan fingerprint density at radius 1 is 1.25 bits per heavy atom. The molecule has 0 spiro atoms. The number of rotatable bonds is 8. The van der Waals surface area contributed by atoms with Crippen molar-refractivity contribution in [1.29, 1.82) is 0 Å². The number of nitrogens with zero attached hydrogens (tertiary/aromatic N) is 1. The minimum absolute atomic E-state index is 0.635. The number of hydrogen-bond donors (Lipinski definition) is 0. The van der Waals surface area contributed by atoms with Crippen LogP contribution in [0.25, 0.3) is 0 Å². The van der Waals surface area contributed by atoms with Crippen molar-refractivity contribution < 1.29 is 9.26 Å². The van der Waals surface area contributed by atoms with Crippen molar-refractivity contribution in [2.75, 3.05) is 6.61 Å². The molecule has 0 atom stereocenters. The summed E-state index contributed by atoms with van der Waals surface area (Å²) < 4.78 is 10.7. The van der Waals surface area contributed by atoms with Crippen LogP contribution < -0.4 is 4.74 Å². The second-order valence-electron chi connectivity index (χ2n) is 3.77. The van der Waals surface area contributed by atoms with E-state index in [0.29, 0.717) is 17.8 Å². The molecule has 0 saturated heterocycles. The van der Waals surface area contributed by atoms with Crippen LogP contribution in [0.2, 0.25) is 0 Å². The summed E-state index contributed by atoms with van der Waals surface area (Å²) >= 11 is 3.41. The fourth-order valence-corrected chi connectivity index (χ4v) is 2.10. The van der Waals surface area contributed by atoms with Gasteiger partial charge in [0.1, 0.15) is 0 Å². The smallest absolute Gasteiger partial charge is 0.257 e. The van der Waals surface area contributed by atoms with Crippen molar-refractivity contribution in [3.63, 3.8) is 0 Å². The van der Waals surface area contributed by atoms with Crippen LogP contribution >= 0.6 is 15.9 Å². The Hall–Kier alpha value is -0.510. The molecule has 0 unspecified atom stereocenters. The third-order valence-corrected chi connectivity index (χ3v) is 3.03. The number of hydrogen-bond acceptors (Lipinski definition) is 3. The minimum atomic E-state index is 0.635. The normalized spacial score (nSPS) is 10.7. The molecule has 92 valence electrons. The third kappa shape index (κ3) is 3.81. The molecule has 0 N–H and O–H groups in total. The lowest BCUT2D eigenvalue weighted by molar-refractivity contribution is 0.290. The SMILES string of the molecule is CCCCCCc1c(OCC)noc1CBr. The summed E-state index contributed by atoms with van der Waals surface area (Å²) in [4.78, 5) is 0. The zero-order valence-corrected chi connectivity index (χ0v) is 11.7. The molecule has 1 heterocycles. The number of unbranched alkanes of at least 4 members (excludes halogenated alkanes) is 3. The molecule has 0 saturated carbocycles. The molecule has 16 heavy (non-hydrogen) atoms. The van der Waals surface area contributed by atoms with E-state index in [4.69, 9.17) is 9.26 Å². The predicted molar refractivity (Wildman–Crippen MR) is 68.1 cm³/mol. The first-order valence-corrected chi connectivity index (χ1v) is 7.11. The molecule has 0 radical (unpaired) electrons. The molecule has 0 aliphatic carbocycles. The molecule has 4 heteroatoms. The average Bonchev–Trinajstić information content (AvgIpc) is 2.68. The first-order valence-electron chi connectivity index (χ1n) is 5.99. The van der Waals surface area contributed by atoms with Gasteiger partial charge in [0.2, 0.25) is 0 Å². The van der Waals surface area contributed by atoms with Gasteiger partial charge in [-0.05, 0) is 24.9 Å². The lowest BCUT2D eigenvalue weighted by Gasteiger charge is -2.03. The molecule has 1 rings (SSSR count). The van der Waals surface area contributed by atoms with E-state index in [1.165, 1.54) is 25.7 Å². The number of alkyl halides is 1. The van der Waals surface area contributed by atoms with Gasteiger partial charge < -0.3 is 9.26 Å². The van der Waals surface area contributed by atoms with Crippen molar-refractivity contribution in [2.24, 2.45) is 0 Å². The van der Waals surface area contributed by atoms with E-state index < -0.39 is 0 Å². The van der Waals surface area contributed by atoms with Gasteiger partial charge in [-0.2, -0.15) is 0 Å². The largest absolute Gasteiger partial charge is 0.476 e. The van der Waals surface area contributed by atoms with Crippen molar-refractivity contribution in [1.82, 2.24) is 5.16 Å². The summed E-state index contributed by atoms with van der Waals surface area (Å²) in [5, 5.41) is 4.65. The van der Waals surface area contributed by atoms with Gasteiger partial charge in [-0.1, -0.05) is 42.1 Å². The summed E-state index contributed by atoms with van der Waals surface area (Å²) in [6.07, 6.45) is 5.98. The molecule has 0 aromatic carbocycles. The predicted octanol–water partition coefficient (Wildman–Crippen LogP) is 4.09. The molecule has 0 aliphatic rings. The van der Waals surface area contributed by atoms with Gasteiger partial charge in [-0.25, -0.2) is 0 Å². The lowest BCUT2D eigenvalue weighted by atomic mass is 10.1. The summed E-state index contributed by atoms with van der Waals surface area (Å²) in [6, 6.07) is 0. The highest BCUT2D eigenvalue weighted by molar-refractivity contribution is 9.08. The van der Waals surface area contributed by atoms with E-state index in [2.05, 4.69) is 28.0 Å². The van der Waals surface area contributed by atoms with Gasteiger partial charge in [-0.3, -0.25) is 0 Å². The summed E-state index contributed by atoms with van der Waals surface area (Å²) in [5.41, 5.74) is 1.13. The van der Waals surface area contributed by atoms with Crippen LogP contribution in [0.15, 0.2) is 4.52 Å². The van der Waals surface area contributed by atoms with Gasteiger partial charge in [0.05, 0.1) is 17.5 Å². The van der Waals surface area contributed by atoms with E-state index in [9.17, 15) is 0 Å². The number of aromatic nitrogens is 1. The van der Waals surface area contributed by atoms with Gasteiger partial charge >= 0.3 is 0 Å². The highest BCUT2D eigenvalue weighted by Crippen LogP contribution is 2.25. The van der Waals surface area contributed by atoms with E-state index in [1.54, 1.807) is 0 Å². The molecular weight excluding hydrogens is 270 g/mol. The molecule has 1 aromatic rings. The lowest BCUT2D eigenvalue weighted by Crippen LogP contribution is -1.97. The quantitative estimate of drug-likeness (QED) is 0.534. The van der Waals surface area contributed by atoms with Gasteiger partial charge in [0.25, 0.3) is 5.88 Å². The van der Waals surface area contributed by atoms with Crippen molar-refractivity contribution >= 4 is 15.9 Å². The van der Waals surface area contributed by atoms with Gasteiger partial charge in [0.15, 0.2) is 5.76 Å². The summed E-state index contributed by atoms with van der Waals surface area (Å²) in [5.74, 6) is 1.58. The fourth-order valence-electron chi connectivity index (χ4n) is 1.66. The molecule has 0 aliphatic heterocycles. The number of halogens is 1. The van der Waals surface area contributed by atoms with Crippen LogP contribution in [0, 0.1) is 0 Å². The van der Waals surface area contributed by atoms with Crippen LogP contribution in [0.5, 0.6) is 5.88 Å². The average molecular weight is 290 g/mol. The Balaban J connectivity index is 2.56. The van der Waals surface area contributed by atoms with Crippen molar-refractivity contribution in [2.45, 2.75) is 51.3 Å². The Kier molecular flexibility index (Phi) is 6.53. The standard InChI is InChI=1S/C12H20BrNO2/c1-3-5-6-7-8-10-11(9-13)16-14-12(10)15-4-2/h3-9H2,1-2H3. The summed E-state index contributed by atoms with van der Waals surface area (Å²) in [6.45, 7) is 4.81. The first-order chi connectivity index (χ1) is 7.83. The van der Waals surface area contributed by atoms with Crippen molar-refractivity contribution in [3.8, 4) is 5.88 Å². The van der Waals surface area contributed by atoms with E-state index in [1.807, 2.05) is 6.92 Å². The topological polar surface area (TPSA) is 35.3 Å². The Morgan fingerprint density at radius 3 is 2.69 bits per heavy atom. The molecule has 0 fully saturated rings. The van der Waals surface area contributed by atoms with E-state index in [0.717, 1.165) is 17.7 Å². The van der Waals surface area contributed by atoms with Crippen LogP contribution in [-0.4, -0.2) is 11.8 Å². The molecule has 3 nitrogen and oxygen atoms in total. The molecular formula is C12H20BrNO2. The van der Waals surface area contributed by atoms with E-state index in [-0.39, 0.29) is 0 Å². The van der Waals surface area contributed by atoms with Crippen molar-refractivity contribution in [3.05, 3.63) is 11.3 Å². The minimum Gasteiger partial charge on any atom is -0.476 e. The zero-order valence-electron chi connectivity index (χ0n) is 10.1. The Morgan fingerprint density at radius 2 is 2.06 bits per heavy atom. The highest BCUT2D eigenvalue weighted by atomic mass is 79.9. The van der Waals surface area contributed by atoms with Crippen LogP contribution in [0.4, 0.5) is 0 Å². The Labute approximate surface area is 106 Å². The maximum atomic E-state index is 5.45. The zero-order chi connectivity index (χ0) is 11.8. The van der Waals surface area contributed by atoms with Gasteiger partial charge in [-0.15, -0.1) is 0 Å². The second kappa shape index (κ2) is 7.71. The van der Waals surface area contributed by atoms with Gasteiger partial charge in [0, 0.05) is 0 Å². The maximum absolute atomic E-state index is 5.45. The molecule has 1 aromatic heterocycles. The first kappa shape index (κ1) is 13.6. The fraction of sp³-hybridized carbons (Fsp3) is 0.750. The maximum Gasteiger partial charge on any atom is 0.257 e. The van der Waals surface area contributed by atoms with Crippen LogP contribution in [0.3, 0.4) is 0 Å². The second-order valence-corrected chi connectivity index (χ2v) is 4.33. The molecule has 0 bridgehead atoms. The monoisotopic (exact) mass is 289 g/mol. The van der Waals surface area contributed by atoms with Crippen LogP contribution in [0.1, 0.15) is 50.9 Å². The summed E-state index contributed by atoms with van der Waals surface area (Å²) in [7, 11) is 0. The number of ether oxygens (including phenoxy) is 1. The Bertz CT molecular complexity index is 299. The third-order valence-electron chi connectivity index (χ3n) is 2.52. The highest BCUT2D eigenvalue weighted by Gasteiger charge is 2.15.